The quantitative estimate of drug-likeness (QED) is 0.323. The maximum atomic E-state index is 12.9. The zero-order valence-electron chi connectivity index (χ0n) is 15.8. The third kappa shape index (κ3) is 3.93. The van der Waals surface area contributed by atoms with Gasteiger partial charge in [-0.15, -0.1) is 10.2 Å². The number of fused-ring (bicyclic) bond motifs is 1. The molecule has 4 rings (SSSR count). The van der Waals surface area contributed by atoms with Crippen molar-refractivity contribution in [3.05, 3.63) is 65.9 Å². The number of nitrogens with zero attached hydrogens (tertiary/aromatic N) is 4. The van der Waals surface area contributed by atoms with Gasteiger partial charge in [-0.05, 0) is 24.6 Å². The lowest BCUT2D eigenvalue weighted by molar-refractivity contribution is 0.102. The Morgan fingerprint density at radius 2 is 1.97 bits per heavy atom. The zero-order valence-corrected chi connectivity index (χ0v) is 16.6. The van der Waals surface area contributed by atoms with E-state index in [4.69, 9.17) is 9.68 Å². The summed E-state index contributed by atoms with van der Waals surface area (Å²) in [6, 6.07) is 17.7. The van der Waals surface area contributed by atoms with Crippen molar-refractivity contribution in [3.8, 4) is 17.5 Å². The second-order valence-electron chi connectivity index (χ2n) is 6.56. The van der Waals surface area contributed by atoms with E-state index in [0.717, 1.165) is 22.0 Å². The number of carbonyl (C=O) groups is 1. The molecule has 4 aromatic rings. The van der Waals surface area contributed by atoms with Crippen LogP contribution in [-0.2, 0) is 6.54 Å². The van der Waals surface area contributed by atoms with E-state index in [1.807, 2.05) is 66.2 Å². The number of thioether (sulfide) groups is 1. The normalized spacial score (nSPS) is 10.9. The molecule has 0 aliphatic carbocycles. The van der Waals surface area contributed by atoms with Crippen LogP contribution in [0, 0.1) is 18.3 Å². The molecule has 6 nitrogen and oxygen atoms in total. The Hall–Kier alpha value is -3.37. The summed E-state index contributed by atoms with van der Waals surface area (Å²) in [4.78, 5) is 12.9. The molecular formula is C22H18N4O2S. The molecule has 0 fully saturated rings. The predicted octanol–water partition coefficient (Wildman–Crippen LogP) is 4.89. The molecule has 0 unspecified atom stereocenters. The van der Waals surface area contributed by atoms with Crippen LogP contribution in [0.3, 0.4) is 0 Å². The Balaban J connectivity index is 1.51. The Kier molecular flexibility index (Phi) is 5.45. The van der Waals surface area contributed by atoms with Gasteiger partial charge in [0.15, 0.2) is 5.78 Å². The molecule has 0 aliphatic rings. The van der Waals surface area contributed by atoms with Crippen molar-refractivity contribution in [1.29, 1.82) is 5.26 Å². The summed E-state index contributed by atoms with van der Waals surface area (Å²) < 4.78 is 7.69. The second-order valence-corrected chi connectivity index (χ2v) is 7.49. The van der Waals surface area contributed by atoms with Gasteiger partial charge in [0.25, 0.3) is 5.22 Å². The Morgan fingerprint density at radius 3 is 2.79 bits per heavy atom. The van der Waals surface area contributed by atoms with Gasteiger partial charge in [-0.1, -0.05) is 48.2 Å². The maximum absolute atomic E-state index is 12.9. The van der Waals surface area contributed by atoms with Crippen LogP contribution < -0.4 is 0 Å². The standard InChI is InChI=1S/C22H18N4O2S/c1-15-7-2-3-8-16(15)21-24-25-22(28-21)29-14-20(27)18-13-26(12-6-11-23)19-10-5-4-9-17(18)19/h2-5,7-10,13H,6,12,14H2,1H3. The maximum Gasteiger partial charge on any atom is 0.277 e. The summed E-state index contributed by atoms with van der Waals surface area (Å²) in [6.07, 6.45) is 2.22. The molecule has 0 atom stereocenters. The fourth-order valence-electron chi connectivity index (χ4n) is 3.22. The topological polar surface area (TPSA) is 84.7 Å². The smallest absolute Gasteiger partial charge is 0.277 e. The first-order valence-corrected chi connectivity index (χ1v) is 10.2. The van der Waals surface area contributed by atoms with Crippen molar-refractivity contribution in [2.75, 3.05) is 5.75 Å². The molecule has 0 amide bonds. The lowest BCUT2D eigenvalue weighted by Gasteiger charge is -2.00. The molecule has 0 saturated heterocycles. The van der Waals surface area contributed by atoms with E-state index in [2.05, 4.69) is 16.3 Å². The van der Waals surface area contributed by atoms with Crippen molar-refractivity contribution in [3.63, 3.8) is 0 Å². The van der Waals surface area contributed by atoms with Gasteiger partial charge in [-0.25, -0.2) is 0 Å². The van der Waals surface area contributed by atoms with Gasteiger partial charge in [0.2, 0.25) is 5.89 Å². The van der Waals surface area contributed by atoms with Gasteiger partial charge in [0, 0.05) is 34.8 Å². The van der Waals surface area contributed by atoms with Gasteiger partial charge >= 0.3 is 0 Å². The van der Waals surface area contributed by atoms with E-state index >= 15 is 0 Å². The lowest BCUT2D eigenvalue weighted by atomic mass is 10.1. The summed E-state index contributed by atoms with van der Waals surface area (Å²) in [5.74, 6) is 0.630. The largest absolute Gasteiger partial charge is 0.411 e. The number of aryl methyl sites for hydroxylation is 2. The molecule has 2 aromatic carbocycles. The van der Waals surface area contributed by atoms with Gasteiger partial charge in [0.1, 0.15) is 0 Å². The first-order chi connectivity index (χ1) is 14.2. The number of rotatable bonds is 7. The highest BCUT2D eigenvalue weighted by atomic mass is 32.2. The summed E-state index contributed by atoms with van der Waals surface area (Å²) in [6.45, 7) is 2.54. The molecule has 144 valence electrons. The molecule has 29 heavy (non-hydrogen) atoms. The molecule has 0 aliphatic heterocycles. The number of hydrogen-bond donors (Lipinski definition) is 0. The first kappa shape index (κ1) is 19.0. The van der Waals surface area contributed by atoms with Crippen molar-refractivity contribution < 1.29 is 9.21 Å². The summed E-state index contributed by atoms with van der Waals surface area (Å²) >= 11 is 1.23. The van der Waals surface area contributed by atoms with Gasteiger partial charge in [-0.3, -0.25) is 4.79 Å². The first-order valence-electron chi connectivity index (χ1n) is 9.17. The molecule has 0 saturated carbocycles. The number of carbonyl (C=O) groups excluding carboxylic acids is 1. The summed E-state index contributed by atoms with van der Waals surface area (Å²) in [7, 11) is 0. The number of para-hydroxylation sites is 1. The van der Waals surface area contributed by atoms with Crippen molar-refractivity contribution in [1.82, 2.24) is 14.8 Å². The van der Waals surface area contributed by atoms with Crippen molar-refractivity contribution in [2.45, 2.75) is 25.1 Å². The highest BCUT2D eigenvalue weighted by molar-refractivity contribution is 7.99. The SMILES string of the molecule is Cc1ccccc1-c1nnc(SCC(=O)c2cn(CCC#N)c3ccccc23)o1. The monoisotopic (exact) mass is 402 g/mol. The van der Waals surface area contributed by atoms with Crippen LogP contribution in [0.2, 0.25) is 0 Å². The van der Waals surface area contributed by atoms with Crippen molar-refractivity contribution in [2.24, 2.45) is 0 Å². The minimum Gasteiger partial charge on any atom is -0.411 e. The Bertz CT molecular complexity index is 1220. The van der Waals surface area contributed by atoms with Crippen LogP contribution in [0.1, 0.15) is 22.3 Å². The van der Waals surface area contributed by atoms with E-state index < -0.39 is 0 Å². The highest BCUT2D eigenvalue weighted by Gasteiger charge is 2.17. The molecule has 0 spiro atoms. The van der Waals surface area contributed by atoms with Crippen molar-refractivity contribution >= 4 is 28.4 Å². The van der Waals surface area contributed by atoms with E-state index in [1.165, 1.54) is 11.8 Å². The minimum absolute atomic E-state index is 0.0162. The zero-order chi connectivity index (χ0) is 20.2. The number of benzene rings is 2. The molecule has 0 N–H and O–H groups in total. The number of nitriles is 1. The number of Topliss-reactive ketones (excluding diaryl/α,β-unsaturated/α-hetero) is 1. The van der Waals surface area contributed by atoms with E-state index in [1.54, 1.807) is 0 Å². The number of ketones is 1. The average Bonchev–Trinajstić information content (AvgIpc) is 3.36. The van der Waals surface area contributed by atoms with E-state index in [9.17, 15) is 4.79 Å². The van der Waals surface area contributed by atoms with Gasteiger partial charge < -0.3 is 8.98 Å². The van der Waals surface area contributed by atoms with Crippen LogP contribution in [0.5, 0.6) is 0 Å². The lowest BCUT2D eigenvalue weighted by Crippen LogP contribution is -2.02. The van der Waals surface area contributed by atoms with E-state index in [0.29, 0.717) is 29.6 Å². The third-order valence-electron chi connectivity index (χ3n) is 4.66. The van der Waals surface area contributed by atoms with Crippen LogP contribution in [0.4, 0.5) is 0 Å². The van der Waals surface area contributed by atoms with E-state index in [-0.39, 0.29) is 11.5 Å². The van der Waals surface area contributed by atoms with Crippen LogP contribution >= 0.6 is 11.8 Å². The average molecular weight is 402 g/mol. The summed E-state index contributed by atoms with van der Waals surface area (Å²) in [5.41, 5.74) is 3.54. The minimum atomic E-state index is -0.0162. The van der Waals surface area contributed by atoms with Gasteiger partial charge in [0.05, 0.1) is 18.2 Å². The fraction of sp³-hybridized carbons (Fsp3) is 0.182. The predicted molar refractivity (Wildman–Crippen MR) is 112 cm³/mol. The Labute approximate surface area is 172 Å². The van der Waals surface area contributed by atoms with Gasteiger partial charge in [-0.2, -0.15) is 5.26 Å². The van der Waals surface area contributed by atoms with Crippen LogP contribution in [-0.4, -0.2) is 26.3 Å². The van der Waals surface area contributed by atoms with Crippen LogP contribution in [0.25, 0.3) is 22.4 Å². The number of aromatic nitrogens is 3. The second kappa shape index (κ2) is 8.33. The third-order valence-corrected chi connectivity index (χ3v) is 5.48. The number of hydrogen-bond acceptors (Lipinski definition) is 6. The summed E-state index contributed by atoms with van der Waals surface area (Å²) in [5, 5.41) is 18.3. The molecule has 0 radical (unpaired) electrons. The molecular weight excluding hydrogens is 384 g/mol. The molecule has 0 bridgehead atoms. The molecule has 2 heterocycles. The molecule has 7 heteroatoms. The fourth-order valence-corrected chi connectivity index (χ4v) is 3.87. The molecule has 2 aromatic heterocycles. The Morgan fingerprint density at radius 1 is 1.17 bits per heavy atom. The highest BCUT2D eigenvalue weighted by Crippen LogP contribution is 2.27. The van der Waals surface area contributed by atoms with Crippen LogP contribution in [0.15, 0.2) is 64.4 Å².